The van der Waals surface area contributed by atoms with E-state index >= 15 is 0 Å². The molecule has 0 aromatic heterocycles. The molecule has 0 bridgehead atoms. The molecule has 3 N–H and O–H groups in total. The summed E-state index contributed by atoms with van der Waals surface area (Å²) in [6.45, 7) is 2.88. The molecule has 0 aromatic carbocycles. The van der Waals surface area contributed by atoms with Gasteiger partial charge in [-0.25, -0.2) is 0 Å². The van der Waals surface area contributed by atoms with E-state index < -0.39 is 0 Å². The highest BCUT2D eigenvalue weighted by Gasteiger charge is 2.26. The van der Waals surface area contributed by atoms with Gasteiger partial charge in [0.2, 0.25) is 5.91 Å². The van der Waals surface area contributed by atoms with E-state index in [1.54, 1.807) is 11.8 Å². The number of hydrogen-bond acceptors (Lipinski definition) is 3. The highest BCUT2D eigenvalue weighted by Crippen LogP contribution is 2.22. The Kier molecular flexibility index (Phi) is 6.21. The van der Waals surface area contributed by atoms with Gasteiger partial charge >= 0.3 is 0 Å². The Bertz CT molecular complexity index is 223. The van der Waals surface area contributed by atoms with Crippen LogP contribution in [0.1, 0.15) is 39.0 Å². The summed E-state index contributed by atoms with van der Waals surface area (Å²) in [5.74, 6) is 0.201. The molecular weight excluding hydrogens is 220 g/mol. The van der Waals surface area contributed by atoms with Gasteiger partial charge in [-0.05, 0) is 19.1 Å². The van der Waals surface area contributed by atoms with Crippen LogP contribution < -0.4 is 11.1 Å². The fourth-order valence-corrected chi connectivity index (χ4v) is 2.37. The predicted octanol–water partition coefficient (Wildman–Crippen LogP) is 1.76. The molecule has 0 spiro atoms. The first-order chi connectivity index (χ1) is 7.65. The van der Waals surface area contributed by atoms with Crippen LogP contribution in [-0.2, 0) is 4.79 Å². The molecule has 3 atom stereocenters. The number of hydrogen-bond donors (Lipinski definition) is 2. The third-order valence-corrected chi connectivity index (χ3v) is 4.34. The molecule has 16 heavy (non-hydrogen) atoms. The second-order valence-electron chi connectivity index (χ2n) is 4.70. The van der Waals surface area contributed by atoms with E-state index in [1.165, 1.54) is 12.8 Å². The van der Waals surface area contributed by atoms with Crippen LogP contribution in [0.2, 0.25) is 0 Å². The summed E-state index contributed by atoms with van der Waals surface area (Å²) in [6.07, 6.45) is 7.56. The molecular formula is C12H24N2OS. The molecule has 3 unspecified atom stereocenters. The Morgan fingerprint density at radius 1 is 1.44 bits per heavy atom. The largest absolute Gasteiger partial charge is 0.355 e. The Labute approximate surface area is 103 Å². The number of thioether (sulfide) groups is 1. The number of carbonyl (C=O) groups excluding carboxylic acids is 1. The molecule has 3 nitrogen and oxygen atoms in total. The molecule has 1 rings (SSSR count). The zero-order chi connectivity index (χ0) is 12.0. The average Bonchev–Trinajstić information content (AvgIpc) is 2.50. The van der Waals surface area contributed by atoms with Crippen LogP contribution in [0.3, 0.4) is 0 Å². The Balaban J connectivity index is 2.38. The van der Waals surface area contributed by atoms with Gasteiger partial charge in [0.15, 0.2) is 0 Å². The van der Waals surface area contributed by atoms with E-state index in [9.17, 15) is 4.79 Å². The van der Waals surface area contributed by atoms with Crippen molar-refractivity contribution < 1.29 is 4.79 Å². The summed E-state index contributed by atoms with van der Waals surface area (Å²) in [6, 6.07) is 0.0621. The first-order valence-corrected chi connectivity index (χ1v) is 7.50. The lowest BCUT2D eigenvalue weighted by molar-refractivity contribution is -0.125. The minimum Gasteiger partial charge on any atom is -0.355 e. The third kappa shape index (κ3) is 4.34. The van der Waals surface area contributed by atoms with Crippen molar-refractivity contribution in [3.05, 3.63) is 0 Å². The number of nitrogens with one attached hydrogen (secondary N) is 1. The van der Waals surface area contributed by atoms with Gasteiger partial charge in [0.05, 0.1) is 5.92 Å². The molecule has 0 aliphatic heterocycles. The number of nitrogens with two attached hydrogens (primary N) is 1. The molecule has 1 saturated carbocycles. The van der Waals surface area contributed by atoms with Gasteiger partial charge in [0.1, 0.15) is 0 Å². The maximum atomic E-state index is 12.0. The van der Waals surface area contributed by atoms with Gasteiger partial charge in [-0.2, -0.15) is 11.8 Å². The third-order valence-electron chi connectivity index (χ3n) is 3.37. The lowest BCUT2D eigenvalue weighted by Gasteiger charge is -2.21. The number of rotatable bonds is 4. The molecule has 94 valence electrons. The molecule has 0 radical (unpaired) electrons. The van der Waals surface area contributed by atoms with Gasteiger partial charge in [-0.15, -0.1) is 0 Å². The monoisotopic (exact) mass is 244 g/mol. The first kappa shape index (κ1) is 13.8. The second-order valence-corrected chi connectivity index (χ2v) is 5.98. The lowest BCUT2D eigenvalue weighted by Crippen LogP contribution is -2.42. The Morgan fingerprint density at radius 2 is 2.12 bits per heavy atom. The molecule has 1 fully saturated rings. The van der Waals surface area contributed by atoms with Gasteiger partial charge in [-0.1, -0.05) is 26.2 Å². The normalized spacial score (nSPS) is 28.2. The van der Waals surface area contributed by atoms with Crippen molar-refractivity contribution in [2.75, 3.05) is 12.8 Å². The molecule has 1 aliphatic carbocycles. The van der Waals surface area contributed by atoms with E-state index in [2.05, 4.69) is 18.5 Å². The van der Waals surface area contributed by atoms with Crippen molar-refractivity contribution in [1.82, 2.24) is 5.32 Å². The topological polar surface area (TPSA) is 55.1 Å². The summed E-state index contributed by atoms with van der Waals surface area (Å²) in [5.41, 5.74) is 6.05. The molecule has 4 heteroatoms. The summed E-state index contributed by atoms with van der Waals surface area (Å²) in [4.78, 5) is 12.0. The zero-order valence-electron chi connectivity index (χ0n) is 10.4. The van der Waals surface area contributed by atoms with Crippen LogP contribution in [-0.4, -0.2) is 30.0 Å². The minimum atomic E-state index is 0.0385. The maximum Gasteiger partial charge on any atom is 0.224 e. The SMILES string of the molecule is CSC(C)CNC(=O)C1CCCCCC1N. The summed E-state index contributed by atoms with van der Waals surface area (Å²) in [7, 11) is 0. The highest BCUT2D eigenvalue weighted by atomic mass is 32.2. The number of amides is 1. The van der Waals surface area contributed by atoms with E-state index in [0.717, 1.165) is 25.8 Å². The van der Waals surface area contributed by atoms with Crippen LogP contribution in [0.15, 0.2) is 0 Å². The quantitative estimate of drug-likeness (QED) is 0.741. The Morgan fingerprint density at radius 3 is 2.81 bits per heavy atom. The van der Waals surface area contributed by atoms with Gasteiger partial charge < -0.3 is 11.1 Å². The fourth-order valence-electron chi connectivity index (χ4n) is 2.12. The Hall–Kier alpha value is -0.220. The summed E-state index contributed by atoms with van der Waals surface area (Å²) in [5, 5.41) is 3.50. The van der Waals surface area contributed by atoms with Crippen LogP contribution in [0.4, 0.5) is 0 Å². The van der Waals surface area contributed by atoms with Crippen LogP contribution in [0.25, 0.3) is 0 Å². The smallest absolute Gasteiger partial charge is 0.224 e. The summed E-state index contributed by atoms with van der Waals surface area (Å²) < 4.78 is 0. The van der Waals surface area contributed by atoms with E-state index in [4.69, 9.17) is 5.73 Å². The highest BCUT2D eigenvalue weighted by molar-refractivity contribution is 7.99. The van der Waals surface area contributed by atoms with Gasteiger partial charge in [-0.3, -0.25) is 4.79 Å². The van der Waals surface area contributed by atoms with Crippen molar-refractivity contribution in [3.8, 4) is 0 Å². The molecule has 0 saturated heterocycles. The average molecular weight is 244 g/mol. The van der Waals surface area contributed by atoms with Crippen LogP contribution in [0.5, 0.6) is 0 Å². The van der Waals surface area contributed by atoms with Crippen molar-refractivity contribution in [2.45, 2.75) is 50.3 Å². The van der Waals surface area contributed by atoms with E-state index in [0.29, 0.717) is 5.25 Å². The molecule has 0 aromatic rings. The predicted molar refractivity (Wildman–Crippen MR) is 70.5 cm³/mol. The molecule has 1 aliphatic rings. The number of carbonyl (C=O) groups is 1. The second kappa shape index (κ2) is 7.17. The first-order valence-electron chi connectivity index (χ1n) is 6.21. The maximum absolute atomic E-state index is 12.0. The molecule has 0 heterocycles. The van der Waals surface area contributed by atoms with Crippen molar-refractivity contribution in [3.63, 3.8) is 0 Å². The standard InChI is InChI=1S/C12H24N2OS/c1-9(16-2)8-14-12(15)10-6-4-3-5-7-11(10)13/h9-11H,3-8,13H2,1-2H3,(H,14,15). The van der Waals surface area contributed by atoms with Crippen LogP contribution >= 0.6 is 11.8 Å². The molecule has 1 amide bonds. The van der Waals surface area contributed by atoms with E-state index in [1.807, 2.05) is 0 Å². The van der Waals surface area contributed by atoms with Crippen LogP contribution in [0, 0.1) is 5.92 Å². The lowest BCUT2D eigenvalue weighted by atomic mass is 9.94. The van der Waals surface area contributed by atoms with Crippen molar-refractivity contribution in [1.29, 1.82) is 0 Å². The van der Waals surface area contributed by atoms with Gasteiger partial charge in [0, 0.05) is 17.8 Å². The van der Waals surface area contributed by atoms with Crippen molar-refractivity contribution >= 4 is 17.7 Å². The van der Waals surface area contributed by atoms with Gasteiger partial charge in [0.25, 0.3) is 0 Å². The fraction of sp³-hybridized carbons (Fsp3) is 0.917. The van der Waals surface area contributed by atoms with E-state index in [-0.39, 0.29) is 17.9 Å². The summed E-state index contributed by atoms with van der Waals surface area (Å²) >= 11 is 1.77. The minimum absolute atomic E-state index is 0.0385. The zero-order valence-corrected chi connectivity index (χ0v) is 11.2. The van der Waals surface area contributed by atoms with Crippen molar-refractivity contribution in [2.24, 2.45) is 11.7 Å².